The largest absolute Gasteiger partial charge is 0.496 e. The number of methoxy groups -OCH3 is 2. The fraction of sp³-hybridized carbons (Fsp3) is 0.111. The molecular weight excluding hydrogens is 402 g/mol. The fourth-order valence-electron chi connectivity index (χ4n) is 2.27. The van der Waals surface area contributed by atoms with Crippen molar-refractivity contribution in [3.63, 3.8) is 0 Å². The van der Waals surface area contributed by atoms with Crippen LogP contribution in [0.25, 0.3) is 11.3 Å². The molecule has 3 aromatic rings. The number of anilines is 1. The van der Waals surface area contributed by atoms with E-state index in [0.29, 0.717) is 5.13 Å². The van der Waals surface area contributed by atoms with Gasteiger partial charge in [-0.1, -0.05) is 28.1 Å². The number of para-hydroxylation sites is 1. The highest BCUT2D eigenvalue weighted by Crippen LogP contribution is 2.31. The Kier molecular flexibility index (Phi) is 5.67. The molecule has 0 radical (unpaired) electrons. The Bertz CT molecular complexity index is 896. The number of benzene rings is 2. The highest BCUT2D eigenvalue weighted by Gasteiger charge is 2.09. The Hall–Kier alpha value is -2.38. The third-order valence-electron chi connectivity index (χ3n) is 3.44. The van der Waals surface area contributed by atoms with E-state index >= 15 is 0 Å². The first kappa shape index (κ1) is 17.4. The molecule has 2 aromatic carbocycles. The van der Waals surface area contributed by atoms with Crippen molar-refractivity contribution in [3.8, 4) is 22.8 Å². The van der Waals surface area contributed by atoms with Crippen LogP contribution in [-0.2, 0) is 0 Å². The molecule has 25 heavy (non-hydrogen) atoms. The normalized spacial score (nSPS) is 10.8. The predicted molar refractivity (Wildman–Crippen MR) is 106 cm³/mol. The van der Waals surface area contributed by atoms with Gasteiger partial charge in [0.1, 0.15) is 11.5 Å². The maximum atomic E-state index is 5.38. The van der Waals surface area contributed by atoms with Gasteiger partial charge in [-0.25, -0.2) is 4.98 Å². The molecule has 5 nitrogen and oxygen atoms in total. The summed E-state index contributed by atoms with van der Waals surface area (Å²) in [7, 11) is 3.29. The van der Waals surface area contributed by atoms with Crippen molar-refractivity contribution >= 4 is 38.6 Å². The summed E-state index contributed by atoms with van der Waals surface area (Å²) in [5.74, 6) is 1.55. The van der Waals surface area contributed by atoms with Gasteiger partial charge in [-0.05, 0) is 30.3 Å². The molecule has 0 fully saturated rings. The van der Waals surface area contributed by atoms with Gasteiger partial charge in [0.05, 0.1) is 26.1 Å². The van der Waals surface area contributed by atoms with Crippen LogP contribution in [0.1, 0.15) is 5.56 Å². The lowest BCUT2D eigenvalue weighted by Gasteiger charge is -2.05. The van der Waals surface area contributed by atoms with Gasteiger partial charge in [-0.3, -0.25) is 5.43 Å². The van der Waals surface area contributed by atoms with Crippen molar-refractivity contribution in [2.24, 2.45) is 5.10 Å². The molecule has 0 aliphatic carbocycles. The van der Waals surface area contributed by atoms with E-state index < -0.39 is 0 Å². The van der Waals surface area contributed by atoms with E-state index in [1.807, 2.05) is 47.8 Å². The first-order chi connectivity index (χ1) is 12.2. The smallest absolute Gasteiger partial charge is 0.203 e. The number of halogens is 1. The zero-order valence-electron chi connectivity index (χ0n) is 13.7. The van der Waals surface area contributed by atoms with Crippen molar-refractivity contribution in [3.05, 3.63) is 57.9 Å². The molecule has 1 aromatic heterocycles. The summed E-state index contributed by atoms with van der Waals surface area (Å²) in [6, 6.07) is 13.5. The molecule has 0 aliphatic rings. The zero-order chi connectivity index (χ0) is 17.6. The van der Waals surface area contributed by atoms with Crippen molar-refractivity contribution in [1.82, 2.24) is 4.98 Å². The number of hydrazone groups is 1. The number of aromatic nitrogens is 1. The Morgan fingerprint density at radius 1 is 1.12 bits per heavy atom. The van der Waals surface area contributed by atoms with Gasteiger partial charge in [-0.2, -0.15) is 5.10 Å². The van der Waals surface area contributed by atoms with Gasteiger partial charge in [0.25, 0.3) is 0 Å². The standard InChI is InChI=1S/C18H16BrN3O2S/c1-23-16-8-7-13(19)9-12(16)10-20-22-18-21-15(11-25-18)14-5-3-4-6-17(14)24-2/h3-11H,1-2H3,(H,21,22)/b20-10-. The number of nitrogens with zero attached hydrogens (tertiary/aromatic N) is 2. The Morgan fingerprint density at radius 3 is 2.72 bits per heavy atom. The van der Waals surface area contributed by atoms with Crippen molar-refractivity contribution in [1.29, 1.82) is 0 Å². The first-order valence-corrected chi connectivity index (χ1v) is 9.10. The van der Waals surface area contributed by atoms with Crippen LogP contribution in [0.4, 0.5) is 5.13 Å². The minimum Gasteiger partial charge on any atom is -0.496 e. The van der Waals surface area contributed by atoms with Gasteiger partial charge in [-0.15, -0.1) is 11.3 Å². The summed E-state index contributed by atoms with van der Waals surface area (Å²) in [6.07, 6.45) is 1.70. The van der Waals surface area contributed by atoms with E-state index in [-0.39, 0.29) is 0 Å². The molecule has 0 saturated carbocycles. The first-order valence-electron chi connectivity index (χ1n) is 7.43. The summed E-state index contributed by atoms with van der Waals surface area (Å²) in [5.41, 5.74) is 5.62. The fourth-order valence-corrected chi connectivity index (χ4v) is 3.31. The van der Waals surface area contributed by atoms with Crippen LogP contribution < -0.4 is 14.9 Å². The van der Waals surface area contributed by atoms with Crippen molar-refractivity contribution in [2.75, 3.05) is 19.6 Å². The van der Waals surface area contributed by atoms with E-state index in [0.717, 1.165) is 32.8 Å². The minimum atomic E-state index is 0.700. The molecule has 1 heterocycles. The Balaban J connectivity index is 1.75. The summed E-state index contributed by atoms with van der Waals surface area (Å²) < 4.78 is 11.7. The van der Waals surface area contributed by atoms with E-state index in [9.17, 15) is 0 Å². The second-order valence-electron chi connectivity index (χ2n) is 4.99. The number of hydrogen-bond donors (Lipinski definition) is 1. The maximum Gasteiger partial charge on any atom is 0.203 e. The van der Waals surface area contributed by atoms with Gasteiger partial charge in [0.2, 0.25) is 5.13 Å². The Labute approximate surface area is 158 Å². The molecule has 1 N–H and O–H groups in total. The summed E-state index contributed by atoms with van der Waals surface area (Å²) >= 11 is 4.93. The zero-order valence-corrected chi connectivity index (χ0v) is 16.1. The topological polar surface area (TPSA) is 55.7 Å². The Morgan fingerprint density at radius 2 is 1.92 bits per heavy atom. The number of hydrogen-bond acceptors (Lipinski definition) is 6. The summed E-state index contributed by atoms with van der Waals surface area (Å²) in [5, 5.41) is 6.92. The number of rotatable bonds is 6. The molecule has 0 bridgehead atoms. The van der Waals surface area contributed by atoms with E-state index in [2.05, 4.69) is 31.4 Å². The van der Waals surface area contributed by atoms with Crippen molar-refractivity contribution < 1.29 is 9.47 Å². The molecule has 0 atom stereocenters. The highest BCUT2D eigenvalue weighted by atomic mass is 79.9. The number of ether oxygens (including phenoxy) is 2. The third-order valence-corrected chi connectivity index (χ3v) is 4.68. The minimum absolute atomic E-state index is 0.700. The summed E-state index contributed by atoms with van der Waals surface area (Å²) in [6.45, 7) is 0. The lowest BCUT2D eigenvalue weighted by Crippen LogP contribution is -1.94. The van der Waals surface area contributed by atoms with Crippen molar-refractivity contribution in [2.45, 2.75) is 0 Å². The summed E-state index contributed by atoms with van der Waals surface area (Å²) in [4.78, 5) is 4.55. The molecule has 7 heteroatoms. The third kappa shape index (κ3) is 4.18. The molecule has 0 saturated heterocycles. The lowest BCUT2D eigenvalue weighted by atomic mass is 10.1. The van der Waals surface area contributed by atoms with Crippen LogP contribution in [0.15, 0.2) is 57.4 Å². The highest BCUT2D eigenvalue weighted by molar-refractivity contribution is 9.10. The molecular formula is C18H16BrN3O2S. The van der Waals surface area contributed by atoms with Gasteiger partial charge >= 0.3 is 0 Å². The second kappa shape index (κ2) is 8.13. The quantitative estimate of drug-likeness (QED) is 0.450. The van der Waals surface area contributed by atoms with E-state index in [4.69, 9.17) is 9.47 Å². The monoisotopic (exact) mass is 417 g/mol. The SMILES string of the molecule is COc1ccc(Br)cc1/C=N\Nc1nc(-c2ccccc2OC)cs1. The number of thiazole rings is 1. The second-order valence-corrected chi connectivity index (χ2v) is 6.77. The molecule has 0 spiro atoms. The lowest BCUT2D eigenvalue weighted by molar-refractivity contribution is 0.414. The number of nitrogens with one attached hydrogen (secondary N) is 1. The average Bonchev–Trinajstić information content (AvgIpc) is 3.10. The molecule has 128 valence electrons. The van der Waals surface area contributed by atoms with E-state index in [1.165, 1.54) is 11.3 Å². The van der Waals surface area contributed by atoms with Crippen LogP contribution in [-0.4, -0.2) is 25.4 Å². The predicted octanol–water partition coefficient (Wildman–Crippen LogP) is 5.04. The molecule has 0 unspecified atom stereocenters. The molecule has 3 rings (SSSR count). The molecule has 0 aliphatic heterocycles. The van der Waals surface area contributed by atoms with Crippen LogP contribution in [0, 0.1) is 0 Å². The van der Waals surface area contributed by atoms with Gasteiger partial charge in [0.15, 0.2) is 0 Å². The van der Waals surface area contributed by atoms with Crippen LogP contribution in [0.3, 0.4) is 0 Å². The van der Waals surface area contributed by atoms with Crippen LogP contribution in [0.2, 0.25) is 0 Å². The molecule has 0 amide bonds. The van der Waals surface area contributed by atoms with Gasteiger partial charge < -0.3 is 9.47 Å². The average molecular weight is 418 g/mol. The van der Waals surface area contributed by atoms with Gasteiger partial charge in [0, 0.05) is 21.0 Å². The van der Waals surface area contributed by atoms with E-state index in [1.54, 1.807) is 20.4 Å². The van der Waals surface area contributed by atoms with Crippen LogP contribution in [0.5, 0.6) is 11.5 Å². The van der Waals surface area contributed by atoms with Crippen LogP contribution >= 0.6 is 27.3 Å². The maximum absolute atomic E-state index is 5.38.